The third kappa shape index (κ3) is 3.46. The lowest BCUT2D eigenvalue weighted by molar-refractivity contribution is -0.137. The summed E-state index contributed by atoms with van der Waals surface area (Å²) in [6, 6.07) is 3.35. The molecule has 0 amide bonds. The van der Waals surface area contributed by atoms with Crippen LogP contribution in [0.15, 0.2) is 12.1 Å². The summed E-state index contributed by atoms with van der Waals surface area (Å²) in [5.41, 5.74) is 8.68. The van der Waals surface area contributed by atoms with Gasteiger partial charge in [-0.3, -0.25) is 4.79 Å². The van der Waals surface area contributed by atoms with E-state index in [9.17, 15) is 4.79 Å². The van der Waals surface area contributed by atoms with Crippen LogP contribution in [0.4, 0.5) is 0 Å². The quantitative estimate of drug-likeness (QED) is 0.823. The molecule has 0 aliphatic carbocycles. The molecule has 0 aliphatic heterocycles. The summed E-state index contributed by atoms with van der Waals surface area (Å²) in [4.78, 5) is 10.6. The summed E-state index contributed by atoms with van der Waals surface area (Å²) in [6.45, 7) is 6.39. The number of hydrogen-bond acceptors (Lipinski definition) is 3. The van der Waals surface area contributed by atoms with Gasteiger partial charge in [0.25, 0.3) is 0 Å². The molecule has 0 spiro atoms. The van der Waals surface area contributed by atoms with E-state index in [1.807, 2.05) is 32.9 Å². The van der Waals surface area contributed by atoms with Gasteiger partial charge in [0.05, 0.1) is 13.0 Å². The van der Waals surface area contributed by atoms with Gasteiger partial charge in [0.15, 0.2) is 0 Å². The Morgan fingerprint density at radius 1 is 1.41 bits per heavy atom. The number of benzene rings is 1. The van der Waals surface area contributed by atoms with Gasteiger partial charge < -0.3 is 15.6 Å². The Labute approximate surface area is 101 Å². The maximum Gasteiger partial charge on any atom is 0.305 e. The molecule has 1 rings (SSSR count). The molecule has 1 aromatic carbocycles. The van der Waals surface area contributed by atoms with Crippen molar-refractivity contribution in [3.63, 3.8) is 0 Å². The topological polar surface area (TPSA) is 72.5 Å². The third-order valence-electron chi connectivity index (χ3n) is 2.66. The molecule has 1 unspecified atom stereocenters. The van der Waals surface area contributed by atoms with Gasteiger partial charge in [-0.05, 0) is 43.5 Å². The molecule has 0 heterocycles. The number of hydrogen-bond donors (Lipinski definition) is 2. The maximum atomic E-state index is 10.6. The van der Waals surface area contributed by atoms with Gasteiger partial charge in [0, 0.05) is 6.04 Å². The highest BCUT2D eigenvalue weighted by Crippen LogP contribution is 2.27. The Kier molecular flexibility index (Phi) is 4.52. The van der Waals surface area contributed by atoms with Crippen LogP contribution in [-0.2, 0) is 4.79 Å². The zero-order valence-electron chi connectivity index (χ0n) is 10.5. The van der Waals surface area contributed by atoms with Gasteiger partial charge in [-0.2, -0.15) is 0 Å². The van der Waals surface area contributed by atoms with E-state index in [1.165, 1.54) is 0 Å². The molecule has 1 atom stereocenters. The van der Waals surface area contributed by atoms with E-state index in [0.717, 1.165) is 22.4 Å². The number of aryl methyl sites for hydroxylation is 2. The fourth-order valence-corrected chi connectivity index (χ4v) is 1.82. The molecule has 4 heteroatoms. The highest BCUT2D eigenvalue weighted by Gasteiger charge is 2.14. The van der Waals surface area contributed by atoms with Crippen molar-refractivity contribution in [1.82, 2.24) is 0 Å². The normalized spacial score (nSPS) is 12.2. The summed E-state index contributed by atoms with van der Waals surface area (Å²) in [5, 5.41) is 8.74. The van der Waals surface area contributed by atoms with Crippen LogP contribution in [0.3, 0.4) is 0 Å². The van der Waals surface area contributed by atoms with Crippen LogP contribution >= 0.6 is 0 Å². The van der Waals surface area contributed by atoms with Gasteiger partial charge in [-0.1, -0.05) is 6.07 Å². The van der Waals surface area contributed by atoms with Crippen molar-refractivity contribution in [2.24, 2.45) is 5.73 Å². The number of carbonyl (C=O) groups is 1. The molecule has 0 saturated heterocycles. The number of nitrogens with two attached hydrogens (primary N) is 1. The highest BCUT2D eigenvalue weighted by molar-refractivity contribution is 5.68. The Hall–Kier alpha value is -1.55. The van der Waals surface area contributed by atoms with Crippen molar-refractivity contribution >= 4 is 5.97 Å². The largest absolute Gasteiger partial charge is 0.494 e. The van der Waals surface area contributed by atoms with Gasteiger partial charge >= 0.3 is 5.97 Å². The highest BCUT2D eigenvalue weighted by atomic mass is 16.5. The fourth-order valence-electron chi connectivity index (χ4n) is 1.82. The van der Waals surface area contributed by atoms with Crippen molar-refractivity contribution in [2.45, 2.75) is 33.2 Å². The maximum absolute atomic E-state index is 10.6. The summed E-state index contributed by atoms with van der Waals surface area (Å²) >= 11 is 0. The van der Waals surface area contributed by atoms with Crippen molar-refractivity contribution < 1.29 is 14.6 Å². The molecule has 0 aromatic heterocycles. The molecule has 0 bridgehead atoms. The van der Waals surface area contributed by atoms with E-state index in [0.29, 0.717) is 6.61 Å². The number of rotatable bonds is 5. The average molecular weight is 237 g/mol. The van der Waals surface area contributed by atoms with Crippen LogP contribution in [-0.4, -0.2) is 17.7 Å². The smallest absolute Gasteiger partial charge is 0.305 e. The number of carboxylic acid groups (broad SMARTS) is 1. The Morgan fingerprint density at radius 2 is 2.06 bits per heavy atom. The third-order valence-corrected chi connectivity index (χ3v) is 2.66. The molecule has 3 N–H and O–H groups in total. The molecule has 94 valence electrons. The second-order valence-electron chi connectivity index (χ2n) is 4.11. The van der Waals surface area contributed by atoms with E-state index in [2.05, 4.69) is 0 Å². The number of aliphatic carboxylic acids is 1. The first-order valence-corrected chi connectivity index (χ1v) is 5.67. The van der Waals surface area contributed by atoms with Gasteiger partial charge in [-0.25, -0.2) is 0 Å². The number of ether oxygens (including phenoxy) is 1. The summed E-state index contributed by atoms with van der Waals surface area (Å²) in [5.74, 6) is -0.0558. The van der Waals surface area contributed by atoms with E-state index >= 15 is 0 Å². The van der Waals surface area contributed by atoms with Crippen LogP contribution in [0.2, 0.25) is 0 Å². The van der Waals surface area contributed by atoms with Crippen molar-refractivity contribution in [3.8, 4) is 5.75 Å². The van der Waals surface area contributed by atoms with Crippen LogP contribution < -0.4 is 10.5 Å². The average Bonchev–Trinajstić information content (AvgIpc) is 2.22. The second kappa shape index (κ2) is 5.68. The molecule has 1 aromatic rings. The lowest BCUT2D eigenvalue weighted by atomic mass is 9.97. The predicted octanol–water partition coefficient (Wildman–Crippen LogP) is 2.18. The van der Waals surface area contributed by atoms with Crippen LogP contribution in [0.1, 0.15) is 36.1 Å². The SMILES string of the molecule is CCOc1cc(C)c(C(N)CC(=O)O)cc1C. The predicted molar refractivity (Wildman–Crippen MR) is 66.3 cm³/mol. The molecule has 4 nitrogen and oxygen atoms in total. The minimum Gasteiger partial charge on any atom is -0.494 e. The first-order chi connectivity index (χ1) is 7.95. The molecule has 17 heavy (non-hydrogen) atoms. The Morgan fingerprint density at radius 3 is 2.59 bits per heavy atom. The fraction of sp³-hybridized carbons (Fsp3) is 0.462. The Balaban J connectivity index is 3.02. The van der Waals surface area contributed by atoms with E-state index < -0.39 is 12.0 Å². The van der Waals surface area contributed by atoms with E-state index in [4.69, 9.17) is 15.6 Å². The van der Waals surface area contributed by atoms with Crippen LogP contribution in [0.25, 0.3) is 0 Å². The summed E-state index contributed by atoms with van der Waals surface area (Å²) in [6.07, 6.45) is -0.0612. The van der Waals surface area contributed by atoms with E-state index in [-0.39, 0.29) is 6.42 Å². The molecule has 0 saturated carbocycles. The van der Waals surface area contributed by atoms with Crippen LogP contribution in [0.5, 0.6) is 5.75 Å². The molecule has 0 radical (unpaired) electrons. The first-order valence-electron chi connectivity index (χ1n) is 5.67. The Bertz CT molecular complexity index is 415. The molecule has 0 aliphatic rings. The zero-order chi connectivity index (χ0) is 13.0. The summed E-state index contributed by atoms with van der Waals surface area (Å²) in [7, 11) is 0. The van der Waals surface area contributed by atoms with Crippen molar-refractivity contribution in [3.05, 3.63) is 28.8 Å². The van der Waals surface area contributed by atoms with Crippen molar-refractivity contribution in [2.75, 3.05) is 6.61 Å². The zero-order valence-corrected chi connectivity index (χ0v) is 10.5. The molecular formula is C13H19NO3. The van der Waals surface area contributed by atoms with Gasteiger partial charge in [0.1, 0.15) is 5.75 Å². The van der Waals surface area contributed by atoms with Crippen molar-refractivity contribution in [1.29, 1.82) is 0 Å². The van der Waals surface area contributed by atoms with E-state index in [1.54, 1.807) is 0 Å². The lowest BCUT2D eigenvalue weighted by Crippen LogP contribution is -2.16. The number of carboxylic acids is 1. The molecular weight excluding hydrogens is 218 g/mol. The van der Waals surface area contributed by atoms with Gasteiger partial charge in [0.2, 0.25) is 0 Å². The minimum absolute atomic E-state index is 0.0612. The second-order valence-corrected chi connectivity index (χ2v) is 4.11. The minimum atomic E-state index is -0.886. The summed E-state index contributed by atoms with van der Waals surface area (Å²) < 4.78 is 5.48. The standard InChI is InChI=1S/C13H19NO3/c1-4-17-12-6-8(2)10(5-9(12)3)11(14)7-13(15)16/h5-6,11H,4,7,14H2,1-3H3,(H,15,16). The van der Waals surface area contributed by atoms with Crippen LogP contribution in [0, 0.1) is 13.8 Å². The first kappa shape index (κ1) is 13.5. The lowest BCUT2D eigenvalue weighted by Gasteiger charge is -2.16. The molecule has 0 fully saturated rings. The monoisotopic (exact) mass is 237 g/mol. The van der Waals surface area contributed by atoms with Gasteiger partial charge in [-0.15, -0.1) is 0 Å².